The molecule has 3 rings (SSSR count). The molecule has 126 valence electrons. The Morgan fingerprint density at radius 2 is 2.25 bits per heavy atom. The Kier molecular flexibility index (Phi) is 5.54. The average Bonchev–Trinajstić information content (AvgIpc) is 3.17. The van der Waals surface area contributed by atoms with Crippen molar-refractivity contribution in [3.63, 3.8) is 0 Å². The summed E-state index contributed by atoms with van der Waals surface area (Å²) in [6, 6.07) is 5.15. The molecule has 1 heterocycles. The first-order valence-electron chi connectivity index (χ1n) is 7.70. The first-order chi connectivity index (χ1) is 11.5. The van der Waals surface area contributed by atoms with E-state index in [1.54, 1.807) is 29.8 Å². The summed E-state index contributed by atoms with van der Waals surface area (Å²) in [7, 11) is 0. The van der Waals surface area contributed by atoms with Gasteiger partial charge in [-0.05, 0) is 36.5 Å². The fraction of sp³-hybridized carbons (Fsp3) is 0.353. The van der Waals surface area contributed by atoms with Crippen molar-refractivity contribution >= 4 is 51.4 Å². The minimum atomic E-state index is -0.436. The van der Waals surface area contributed by atoms with E-state index >= 15 is 0 Å². The van der Waals surface area contributed by atoms with Crippen LogP contribution in [0.2, 0.25) is 10.0 Å². The van der Waals surface area contributed by atoms with Crippen LogP contribution >= 0.6 is 34.5 Å². The number of Topliss-reactive ketones (excluding diaryl/α,β-unsaturated/α-hetero) is 1. The Hall–Kier alpha value is -1.43. The second kappa shape index (κ2) is 7.64. The van der Waals surface area contributed by atoms with Crippen molar-refractivity contribution in [2.45, 2.75) is 31.6 Å². The normalized spacial score (nSPS) is 18.6. The molecule has 1 N–H and O–H groups in total. The number of anilines is 1. The topological polar surface area (TPSA) is 59.1 Å². The number of ketones is 1. The lowest BCUT2D eigenvalue weighted by Gasteiger charge is -2.21. The van der Waals surface area contributed by atoms with Gasteiger partial charge in [0, 0.05) is 34.5 Å². The predicted molar refractivity (Wildman–Crippen MR) is 96.9 cm³/mol. The molecule has 1 amide bonds. The van der Waals surface area contributed by atoms with Crippen LogP contribution in [0.3, 0.4) is 0 Å². The summed E-state index contributed by atoms with van der Waals surface area (Å²) in [5.74, 6) is -0.124. The fourth-order valence-corrected chi connectivity index (χ4v) is 4.13. The number of hydrogen-bond donors (Lipinski definition) is 1. The highest BCUT2D eigenvalue weighted by atomic mass is 35.5. The molecule has 1 aliphatic rings. The van der Waals surface area contributed by atoms with Gasteiger partial charge in [-0.1, -0.05) is 29.3 Å². The standard InChI is InChI=1S/C17H16Cl2N2O2S/c18-11-2-4-13(15(19)9-11)14(8-10-1-3-12(22)7-10)16(23)21-17-20-5-6-24-17/h2,4-6,9-10,14H,1,3,7-8H2,(H,20,21,23). The predicted octanol–water partition coefficient (Wildman–Crippen LogP) is 4.93. The Morgan fingerprint density at radius 3 is 2.88 bits per heavy atom. The maximum atomic E-state index is 12.8. The van der Waals surface area contributed by atoms with Crippen molar-refractivity contribution in [3.05, 3.63) is 45.4 Å². The number of aromatic nitrogens is 1. The summed E-state index contributed by atoms with van der Waals surface area (Å²) < 4.78 is 0. The van der Waals surface area contributed by atoms with Gasteiger partial charge in [0.2, 0.25) is 5.91 Å². The number of halogens is 2. The van der Waals surface area contributed by atoms with Gasteiger partial charge in [0.05, 0.1) is 5.92 Å². The molecule has 24 heavy (non-hydrogen) atoms. The van der Waals surface area contributed by atoms with Crippen LogP contribution in [0.5, 0.6) is 0 Å². The molecule has 0 saturated heterocycles. The van der Waals surface area contributed by atoms with E-state index in [9.17, 15) is 9.59 Å². The summed E-state index contributed by atoms with van der Waals surface area (Å²) in [5, 5.41) is 6.18. The number of carbonyl (C=O) groups is 2. The van der Waals surface area contributed by atoms with Crippen molar-refractivity contribution in [2.24, 2.45) is 5.92 Å². The Bertz CT molecular complexity index is 749. The summed E-state index contributed by atoms with van der Waals surface area (Å²) in [6.45, 7) is 0. The van der Waals surface area contributed by atoms with Gasteiger partial charge in [-0.3, -0.25) is 9.59 Å². The number of rotatable bonds is 5. The molecular formula is C17H16Cl2N2O2S. The zero-order valence-electron chi connectivity index (χ0n) is 12.8. The number of benzene rings is 1. The van der Waals surface area contributed by atoms with Gasteiger partial charge in [0.1, 0.15) is 5.78 Å². The molecule has 2 aromatic rings. The first-order valence-corrected chi connectivity index (χ1v) is 9.33. The maximum Gasteiger partial charge on any atom is 0.233 e. The van der Waals surface area contributed by atoms with Crippen LogP contribution in [-0.4, -0.2) is 16.7 Å². The lowest BCUT2D eigenvalue weighted by Crippen LogP contribution is -2.23. The monoisotopic (exact) mass is 382 g/mol. The van der Waals surface area contributed by atoms with Crippen molar-refractivity contribution in [3.8, 4) is 0 Å². The van der Waals surface area contributed by atoms with Crippen LogP contribution in [0.25, 0.3) is 0 Å². The third-order valence-electron chi connectivity index (χ3n) is 4.23. The maximum absolute atomic E-state index is 12.8. The van der Waals surface area contributed by atoms with E-state index in [-0.39, 0.29) is 17.6 Å². The van der Waals surface area contributed by atoms with Crippen LogP contribution in [0.4, 0.5) is 5.13 Å². The van der Waals surface area contributed by atoms with Crippen LogP contribution in [0.1, 0.15) is 37.2 Å². The van der Waals surface area contributed by atoms with Gasteiger partial charge in [-0.15, -0.1) is 11.3 Å². The highest BCUT2D eigenvalue weighted by Crippen LogP contribution is 2.37. The van der Waals surface area contributed by atoms with Crippen LogP contribution in [0, 0.1) is 5.92 Å². The van der Waals surface area contributed by atoms with Gasteiger partial charge in [-0.25, -0.2) is 4.98 Å². The Balaban J connectivity index is 1.84. The van der Waals surface area contributed by atoms with Gasteiger partial charge < -0.3 is 5.32 Å². The molecule has 2 atom stereocenters. The van der Waals surface area contributed by atoms with Crippen LogP contribution in [-0.2, 0) is 9.59 Å². The van der Waals surface area contributed by atoms with E-state index < -0.39 is 5.92 Å². The van der Waals surface area contributed by atoms with Gasteiger partial charge in [0.25, 0.3) is 0 Å². The van der Waals surface area contributed by atoms with Crippen molar-refractivity contribution in [2.75, 3.05) is 5.32 Å². The minimum Gasteiger partial charge on any atom is -0.301 e. The number of nitrogens with zero attached hydrogens (tertiary/aromatic N) is 1. The second-order valence-electron chi connectivity index (χ2n) is 5.93. The van der Waals surface area contributed by atoms with E-state index in [0.29, 0.717) is 34.4 Å². The van der Waals surface area contributed by atoms with E-state index in [1.807, 2.05) is 0 Å². The number of carbonyl (C=O) groups excluding carboxylic acids is 2. The Labute approximate surface area is 154 Å². The highest BCUT2D eigenvalue weighted by molar-refractivity contribution is 7.13. The molecule has 0 radical (unpaired) electrons. The minimum absolute atomic E-state index is 0.159. The SMILES string of the molecule is O=C1CCC(CC(C(=O)Nc2nccs2)c2ccc(Cl)cc2Cl)C1. The number of hydrogen-bond acceptors (Lipinski definition) is 4. The molecule has 1 aromatic carbocycles. The largest absolute Gasteiger partial charge is 0.301 e. The molecule has 0 aliphatic heterocycles. The first kappa shape index (κ1) is 17.4. The van der Waals surface area contributed by atoms with E-state index in [2.05, 4.69) is 10.3 Å². The Morgan fingerprint density at radius 1 is 1.42 bits per heavy atom. The molecule has 2 unspecified atom stereocenters. The second-order valence-corrected chi connectivity index (χ2v) is 7.67. The fourth-order valence-electron chi connectivity index (χ4n) is 3.06. The molecule has 1 aliphatic carbocycles. The van der Waals surface area contributed by atoms with Crippen molar-refractivity contribution < 1.29 is 9.59 Å². The number of amides is 1. The quantitative estimate of drug-likeness (QED) is 0.796. The zero-order valence-corrected chi connectivity index (χ0v) is 15.1. The zero-order chi connectivity index (χ0) is 17.1. The molecule has 0 bridgehead atoms. The van der Waals surface area contributed by atoms with Crippen LogP contribution in [0.15, 0.2) is 29.8 Å². The molecular weight excluding hydrogens is 367 g/mol. The smallest absolute Gasteiger partial charge is 0.233 e. The third kappa shape index (κ3) is 4.15. The summed E-state index contributed by atoms with van der Waals surface area (Å²) >= 11 is 13.7. The van der Waals surface area contributed by atoms with Crippen molar-refractivity contribution in [1.29, 1.82) is 0 Å². The number of thiazole rings is 1. The molecule has 4 nitrogen and oxygen atoms in total. The van der Waals surface area contributed by atoms with Gasteiger partial charge in [-0.2, -0.15) is 0 Å². The number of nitrogens with one attached hydrogen (secondary N) is 1. The van der Waals surface area contributed by atoms with Gasteiger partial charge in [0.15, 0.2) is 5.13 Å². The van der Waals surface area contributed by atoms with Gasteiger partial charge >= 0.3 is 0 Å². The summed E-state index contributed by atoms with van der Waals surface area (Å²) in [5.41, 5.74) is 0.731. The van der Waals surface area contributed by atoms with Crippen LogP contribution < -0.4 is 5.32 Å². The van der Waals surface area contributed by atoms with Crippen molar-refractivity contribution in [1.82, 2.24) is 4.98 Å². The van der Waals surface area contributed by atoms with E-state index in [0.717, 1.165) is 12.0 Å². The third-order valence-corrected chi connectivity index (χ3v) is 5.48. The molecule has 0 spiro atoms. The summed E-state index contributed by atoms with van der Waals surface area (Å²) in [6.07, 6.45) is 4.18. The average molecular weight is 383 g/mol. The molecule has 7 heteroatoms. The molecule has 1 fully saturated rings. The van der Waals surface area contributed by atoms with E-state index in [1.165, 1.54) is 11.3 Å². The lowest BCUT2D eigenvalue weighted by molar-refractivity contribution is -0.119. The highest BCUT2D eigenvalue weighted by Gasteiger charge is 2.31. The molecule has 1 aromatic heterocycles. The summed E-state index contributed by atoms with van der Waals surface area (Å²) in [4.78, 5) is 28.4. The molecule has 1 saturated carbocycles. The van der Waals surface area contributed by atoms with E-state index in [4.69, 9.17) is 23.2 Å². The lowest BCUT2D eigenvalue weighted by atomic mass is 9.87.